The van der Waals surface area contributed by atoms with E-state index in [4.69, 9.17) is 32.7 Å². The number of ether oxygens (including phenoxy) is 2. The molecule has 1 saturated carbocycles. The highest BCUT2D eigenvalue weighted by Crippen LogP contribution is 2.34. The molecule has 1 N–H and O–H groups in total. The van der Waals surface area contributed by atoms with Crippen molar-refractivity contribution >= 4 is 23.2 Å². The van der Waals surface area contributed by atoms with Gasteiger partial charge in [-0.05, 0) is 30.9 Å². The highest BCUT2D eigenvalue weighted by molar-refractivity contribution is 6.35. The highest BCUT2D eigenvalue weighted by atomic mass is 35.5. The zero-order valence-electron chi connectivity index (χ0n) is 12.5. The van der Waals surface area contributed by atoms with E-state index in [9.17, 15) is 0 Å². The molecule has 1 aromatic carbocycles. The lowest BCUT2D eigenvalue weighted by atomic mass is 10.1. The average molecular weight is 332 g/mol. The van der Waals surface area contributed by atoms with Gasteiger partial charge in [0, 0.05) is 30.8 Å². The van der Waals surface area contributed by atoms with E-state index in [-0.39, 0.29) is 0 Å². The standard InChI is InChI=1S/C16H23Cl2NO2/c1-20-7-6-19-10-13-8-14(17)9-15(18)16(13)21-11-12-4-2-3-5-12/h8-9,12,19H,2-7,10-11H2,1H3. The lowest BCUT2D eigenvalue weighted by Crippen LogP contribution is -2.19. The molecule has 3 nitrogen and oxygen atoms in total. The van der Waals surface area contributed by atoms with Crippen molar-refractivity contribution in [3.63, 3.8) is 0 Å². The Balaban J connectivity index is 1.98. The molecule has 0 unspecified atom stereocenters. The zero-order chi connectivity index (χ0) is 15.1. The molecule has 0 aliphatic heterocycles. The third-order valence-electron chi connectivity index (χ3n) is 3.82. The summed E-state index contributed by atoms with van der Waals surface area (Å²) in [4.78, 5) is 0. The molecule has 1 aliphatic rings. The Kier molecular flexibility index (Phi) is 7.11. The quantitative estimate of drug-likeness (QED) is 0.720. The second kappa shape index (κ2) is 8.84. The van der Waals surface area contributed by atoms with Gasteiger partial charge in [-0.15, -0.1) is 0 Å². The van der Waals surface area contributed by atoms with Crippen molar-refractivity contribution < 1.29 is 9.47 Å². The SMILES string of the molecule is COCCNCc1cc(Cl)cc(Cl)c1OCC1CCCC1. The average Bonchev–Trinajstić information content (AvgIpc) is 2.95. The molecule has 0 spiro atoms. The van der Waals surface area contributed by atoms with Gasteiger partial charge in [-0.1, -0.05) is 36.0 Å². The van der Waals surface area contributed by atoms with Gasteiger partial charge in [0.25, 0.3) is 0 Å². The smallest absolute Gasteiger partial charge is 0.142 e. The summed E-state index contributed by atoms with van der Waals surface area (Å²) in [6.45, 7) is 2.87. The summed E-state index contributed by atoms with van der Waals surface area (Å²) in [5.41, 5.74) is 1.00. The molecule has 1 aliphatic carbocycles. The first-order chi connectivity index (χ1) is 10.2. The monoisotopic (exact) mass is 331 g/mol. The van der Waals surface area contributed by atoms with Crippen molar-refractivity contribution in [2.75, 3.05) is 26.9 Å². The van der Waals surface area contributed by atoms with Crippen LogP contribution in [0.5, 0.6) is 5.75 Å². The summed E-state index contributed by atoms with van der Waals surface area (Å²) in [6, 6.07) is 3.66. The third-order valence-corrected chi connectivity index (χ3v) is 4.32. The fraction of sp³-hybridized carbons (Fsp3) is 0.625. The van der Waals surface area contributed by atoms with Crippen LogP contribution in [0.4, 0.5) is 0 Å². The normalized spacial score (nSPS) is 15.6. The first-order valence-electron chi connectivity index (χ1n) is 7.51. The van der Waals surface area contributed by atoms with Gasteiger partial charge in [0.1, 0.15) is 5.75 Å². The van der Waals surface area contributed by atoms with E-state index in [1.54, 1.807) is 13.2 Å². The van der Waals surface area contributed by atoms with Crippen molar-refractivity contribution in [2.24, 2.45) is 5.92 Å². The molecule has 0 heterocycles. The Bertz CT molecular complexity index is 448. The van der Waals surface area contributed by atoms with E-state index in [0.717, 1.165) is 24.5 Å². The molecule has 5 heteroatoms. The molecule has 0 amide bonds. The number of methoxy groups -OCH3 is 1. The van der Waals surface area contributed by atoms with E-state index in [0.29, 0.717) is 29.1 Å². The Morgan fingerprint density at radius 1 is 1.24 bits per heavy atom. The van der Waals surface area contributed by atoms with Crippen LogP contribution in [-0.2, 0) is 11.3 Å². The van der Waals surface area contributed by atoms with Crippen LogP contribution in [0, 0.1) is 5.92 Å². The molecule has 21 heavy (non-hydrogen) atoms. The first kappa shape index (κ1) is 16.9. The molecule has 0 atom stereocenters. The summed E-state index contributed by atoms with van der Waals surface area (Å²) >= 11 is 12.4. The van der Waals surface area contributed by atoms with E-state index in [2.05, 4.69) is 5.32 Å². The van der Waals surface area contributed by atoms with E-state index >= 15 is 0 Å². The second-order valence-corrected chi connectivity index (χ2v) is 6.35. The number of hydrogen-bond donors (Lipinski definition) is 1. The molecule has 118 valence electrons. The summed E-state index contributed by atoms with van der Waals surface area (Å²) in [6.07, 6.45) is 5.14. The van der Waals surface area contributed by atoms with Gasteiger partial charge in [-0.3, -0.25) is 0 Å². The fourth-order valence-corrected chi connectivity index (χ4v) is 3.27. The minimum Gasteiger partial charge on any atom is -0.491 e. The van der Waals surface area contributed by atoms with Gasteiger partial charge in [0.2, 0.25) is 0 Å². The molecule has 0 bridgehead atoms. The molecule has 1 fully saturated rings. The predicted molar refractivity (Wildman–Crippen MR) is 87.5 cm³/mol. The molecular formula is C16H23Cl2NO2. The number of halogens is 2. The summed E-state index contributed by atoms with van der Waals surface area (Å²) < 4.78 is 11.0. The molecule has 2 rings (SSSR count). The number of rotatable bonds is 8. The summed E-state index contributed by atoms with van der Waals surface area (Å²) in [7, 11) is 1.69. The number of hydrogen-bond acceptors (Lipinski definition) is 3. The minimum absolute atomic E-state index is 0.587. The summed E-state index contributed by atoms with van der Waals surface area (Å²) in [5, 5.41) is 4.53. The van der Waals surface area contributed by atoms with E-state index < -0.39 is 0 Å². The minimum atomic E-state index is 0.587. The maximum absolute atomic E-state index is 6.30. The third kappa shape index (κ3) is 5.33. The van der Waals surface area contributed by atoms with Crippen LogP contribution < -0.4 is 10.1 Å². The van der Waals surface area contributed by atoms with Crippen molar-refractivity contribution in [2.45, 2.75) is 32.2 Å². The van der Waals surface area contributed by atoms with Gasteiger partial charge < -0.3 is 14.8 Å². The molecular weight excluding hydrogens is 309 g/mol. The largest absolute Gasteiger partial charge is 0.491 e. The van der Waals surface area contributed by atoms with Crippen molar-refractivity contribution in [3.05, 3.63) is 27.7 Å². The Labute approximate surface area is 136 Å². The van der Waals surface area contributed by atoms with Crippen LogP contribution in [0.2, 0.25) is 10.0 Å². The van der Waals surface area contributed by atoms with E-state index in [1.165, 1.54) is 25.7 Å². The van der Waals surface area contributed by atoms with Gasteiger partial charge in [-0.25, -0.2) is 0 Å². The van der Waals surface area contributed by atoms with Crippen molar-refractivity contribution in [1.82, 2.24) is 5.32 Å². The maximum Gasteiger partial charge on any atom is 0.142 e. The molecule has 0 radical (unpaired) electrons. The van der Waals surface area contributed by atoms with Gasteiger partial charge in [0.05, 0.1) is 18.2 Å². The summed E-state index contributed by atoms with van der Waals surface area (Å²) in [5.74, 6) is 1.42. The zero-order valence-corrected chi connectivity index (χ0v) is 14.0. The van der Waals surface area contributed by atoms with Gasteiger partial charge in [0.15, 0.2) is 0 Å². The lowest BCUT2D eigenvalue weighted by Gasteiger charge is -2.17. The van der Waals surface area contributed by atoms with Crippen LogP contribution in [0.3, 0.4) is 0 Å². The fourth-order valence-electron chi connectivity index (χ4n) is 2.68. The van der Waals surface area contributed by atoms with Crippen LogP contribution in [0.15, 0.2) is 12.1 Å². The van der Waals surface area contributed by atoms with E-state index in [1.807, 2.05) is 6.07 Å². The highest BCUT2D eigenvalue weighted by Gasteiger charge is 2.18. The molecule has 0 saturated heterocycles. The Morgan fingerprint density at radius 2 is 2.00 bits per heavy atom. The van der Waals surface area contributed by atoms with Gasteiger partial charge >= 0.3 is 0 Å². The van der Waals surface area contributed by atoms with Crippen LogP contribution in [0.1, 0.15) is 31.2 Å². The lowest BCUT2D eigenvalue weighted by molar-refractivity contribution is 0.198. The van der Waals surface area contributed by atoms with Gasteiger partial charge in [-0.2, -0.15) is 0 Å². The van der Waals surface area contributed by atoms with Crippen LogP contribution >= 0.6 is 23.2 Å². The topological polar surface area (TPSA) is 30.5 Å². The number of benzene rings is 1. The van der Waals surface area contributed by atoms with Crippen molar-refractivity contribution in [1.29, 1.82) is 0 Å². The predicted octanol–water partition coefficient (Wildman–Crippen LogP) is 4.30. The van der Waals surface area contributed by atoms with Crippen molar-refractivity contribution in [3.8, 4) is 5.75 Å². The Hall–Kier alpha value is -0.480. The first-order valence-corrected chi connectivity index (χ1v) is 8.26. The molecule has 0 aromatic heterocycles. The maximum atomic E-state index is 6.30. The van der Waals surface area contributed by atoms with Crippen LogP contribution in [0.25, 0.3) is 0 Å². The second-order valence-electron chi connectivity index (χ2n) is 5.51. The number of nitrogens with one attached hydrogen (secondary N) is 1. The molecule has 1 aromatic rings. The Morgan fingerprint density at radius 3 is 2.71 bits per heavy atom. The van der Waals surface area contributed by atoms with Crippen LogP contribution in [-0.4, -0.2) is 26.9 Å².